The maximum absolute atomic E-state index is 12.1. The van der Waals surface area contributed by atoms with Gasteiger partial charge in [-0.1, -0.05) is 18.2 Å². The minimum absolute atomic E-state index is 0.0379. The molecule has 0 spiro atoms. The molecule has 0 aromatic heterocycles. The number of halogens is 1. The highest BCUT2D eigenvalue weighted by Gasteiger charge is 2.08. The van der Waals surface area contributed by atoms with Crippen molar-refractivity contribution >= 4 is 27.5 Å². The van der Waals surface area contributed by atoms with Crippen LogP contribution in [0.4, 0.5) is 5.69 Å². The van der Waals surface area contributed by atoms with E-state index in [-0.39, 0.29) is 5.91 Å². The van der Waals surface area contributed by atoms with Crippen molar-refractivity contribution in [3.05, 3.63) is 52.5 Å². The number of aryl methyl sites for hydroxylation is 1. The topological polar surface area (TPSA) is 47.6 Å². The number of rotatable bonds is 7. The average molecular weight is 378 g/mol. The highest BCUT2D eigenvalue weighted by molar-refractivity contribution is 9.10. The molecule has 0 radical (unpaired) electrons. The molecule has 0 bridgehead atoms. The van der Waals surface area contributed by atoms with Crippen LogP contribution in [-0.4, -0.2) is 19.6 Å². The summed E-state index contributed by atoms with van der Waals surface area (Å²) in [5.41, 5.74) is 1.78. The van der Waals surface area contributed by atoms with Gasteiger partial charge in [0.1, 0.15) is 11.5 Å². The second-order valence-corrected chi connectivity index (χ2v) is 5.80. The number of hydrogen-bond acceptors (Lipinski definition) is 3. The molecule has 5 heteroatoms. The SMILES string of the molecule is CCOc1ccccc1NC(=O)CCc1ccc(OC)c(Br)c1. The summed E-state index contributed by atoms with van der Waals surface area (Å²) in [5, 5.41) is 2.90. The van der Waals surface area contributed by atoms with Crippen LogP contribution in [0.3, 0.4) is 0 Å². The van der Waals surface area contributed by atoms with E-state index in [2.05, 4.69) is 21.2 Å². The first-order valence-corrected chi connectivity index (χ1v) is 8.27. The van der Waals surface area contributed by atoms with E-state index in [1.165, 1.54) is 0 Å². The van der Waals surface area contributed by atoms with Crippen LogP contribution in [0, 0.1) is 0 Å². The second kappa shape index (κ2) is 8.58. The number of amides is 1. The molecule has 1 amide bonds. The number of benzene rings is 2. The third kappa shape index (κ3) is 4.99. The van der Waals surface area contributed by atoms with E-state index >= 15 is 0 Å². The molecule has 2 aromatic rings. The van der Waals surface area contributed by atoms with Crippen LogP contribution in [0.2, 0.25) is 0 Å². The molecule has 0 saturated heterocycles. The van der Waals surface area contributed by atoms with Gasteiger partial charge < -0.3 is 14.8 Å². The monoisotopic (exact) mass is 377 g/mol. The van der Waals surface area contributed by atoms with Gasteiger partial charge in [-0.05, 0) is 59.1 Å². The second-order valence-electron chi connectivity index (χ2n) is 4.95. The predicted octanol–water partition coefficient (Wildman–Crippen LogP) is 4.43. The quantitative estimate of drug-likeness (QED) is 0.776. The Hall–Kier alpha value is -2.01. The fraction of sp³-hybridized carbons (Fsp3) is 0.278. The molecule has 0 saturated carbocycles. The first kappa shape index (κ1) is 17.3. The Balaban J connectivity index is 1.94. The van der Waals surface area contributed by atoms with Crippen molar-refractivity contribution in [1.82, 2.24) is 0 Å². The maximum Gasteiger partial charge on any atom is 0.224 e. The lowest BCUT2D eigenvalue weighted by molar-refractivity contribution is -0.116. The molecule has 0 unspecified atom stereocenters. The highest BCUT2D eigenvalue weighted by Crippen LogP contribution is 2.26. The Labute approximate surface area is 144 Å². The fourth-order valence-corrected chi connectivity index (χ4v) is 2.78. The van der Waals surface area contributed by atoms with Gasteiger partial charge in [0.25, 0.3) is 0 Å². The summed E-state index contributed by atoms with van der Waals surface area (Å²) < 4.78 is 11.6. The number of ether oxygens (including phenoxy) is 2. The Morgan fingerprint density at radius 3 is 2.65 bits per heavy atom. The van der Waals surface area contributed by atoms with Crippen molar-refractivity contribution in [2.75, 3.05) is 19.0 Å². The van der Waals surface area contributed by atoms with Crippen LogP contribution >= 0.6 is 15.9 Å². The number of carbonyl (C=O) groups is 1. The van der Waals surface area contributed by atoms with Crippen LogP contribution in [0.15, 0.2) is 46.9 Å². The van der Waals surface area contributed by atoms with Crippen molar-refractivity contribution < 1.29 is 14.3 Å². The molecule has 0 aliphatic carbocycles. The number of methoxy groups -OCH3 is 1. The Morgan fingerprint density at radius 1 is 1.17 bits per heavy atom. The third-order valence-corrected chi connectivity index (χ3v) is 3.94. The van der Waals surface area contributed by atoms with E-state index in [1.54, 1.807) is 7.11 Å². The molecule has 122 valence electrons. The summed E-state index contributed by atoms with van der Waals surface area (Å²) in [6.07, 6.45) is 1.06. The zero-order valence-corrected chi connectivity index (χ0v) is 14.9. The van der Waals surface area contributed by atoms with Gasteiger partial charge in [0.05, 0.1) is 23.9 Å². The van der Waals surface area contributed by atoms with Crippen molar-refractivity contribution in [1.29, 1.82) is 0 Å². The third-order valence-electron chi connectivity index (χ3n) is 3.32. The largest absolute Gasteiger partial charge is 0.496 e. The number of para-hydroxylation sites is 2. The van der Waals surface area contributed by atoms with E-state index in [4.69, 9.17) is 9.47 Å². The van der Waals surface area contributed by atoms with Crippen molar-refractivity contribution in [2.24, 2.45) is 0 Å². The van der Waals surface area contributed by atoms with Gasteiger partial charge >= 0.3 is 0 Å². The molecule has 0 aliphatic rings. The van der Waals surface area contributed by atoms with Gasteiger partial charge in [-0.25, -0.2) is 0 Å². The van der Waals surface area contributed by atoms with Gasteiger partial charge in [-0.15, -0.1) is 0 Å². The van der Waals surface area contributed by atoms with Gasteiger partial charge in [0.2, 0.25) is 5.91 Å². The number of nitrogens with one attached hydrogen (secondary N) is 1. The minimum atomic E-state index is -0.0379. The number of carbonyl (C=O) groups excluding carboxylic acids is 1. The fourth-order valence-electron chi connectivity index (χ4n) is 2.19. The van der Waals surface area contributed by atoms with Crippen LogP contribution in [0.5, 0.6) is 11.5 Å². The zero-order chi connectivity index (χ0) is 16.7. The summed E-state index contributed by atoms with van der Waals surface area (Å²) >= 11 is 3.45. The summed E-state index contributed by atoms with van der Waals surface area (Å²) in [5.74, 6) is 1.43. The molecule has 0 atom stereocenters. The lowest BCUT2D eigenvalue weighted by Crippen LogP contribution is -2.13. The van der Waals surface area contributed by atoms with E-state index < -0.39 is 0 Å². The zero-order valence-electron chi connectivity index (χ0n) is 13.3. The smallest absolute Gasteiger partial charge is 0.224 e. The van der Waals surface area contributed by atoms with E-state index in [0.717, 1.165) is 15.8 Å². The predicted molar refractivity (Wildman–Crippen MR) is 95.3 cm³/mol. The lowest BCUT2D eigenvalue weighted by Gasteiger charge is -2.11. The summed E-state index contributed by atoms with van der Waals surface area (Å²) in [6.45, 7) is 2.48. The van der Waals surface area contributed by atoms with Crippen LogP contribution in [0.1, 0.15) is 18.9 Å². The van der Waals surface area contributed by atoms with Crippen molar-refractivity contribution in [2.45, 2.75) is 19.8 Å². The molecule has 4 nitrogen and oxygen atoms in total. The van der Waals surface area contributed by atoms with Crippen LogP contribution in [0.25, 0.3) is 0 Å². The highest BCUT2D eigenvalue weighted by atomic mass is 79.9. The average Bonchev–Trinajstić information content (AvgIpc) is 2.55. The Kier molecular flexibility index (Phi) is 6.47. The Bertz CT molecular complexity index is 673. The van der Waals surface area contributed by atoms with Crippen LogP contribution < -0.4 is 14.8 Å². The van der Waals surface area contributed by atoms with Crippen molar-refractivity contribution in [3.8, 4) is 11.5 Å². The van der Waals surface area contributed by atoms with Gasteiger partial charge in [0.15, 0.2) is 0 Å². The summed E-state index contributed by atoms with van der Waals surface area (Å²) in [4.78, 5) is 12.1. The molecule has 1 N–H and O–H groups in total. The molecule has 0 fully saturated rings. The molecule has 0 heterocycles. The molecule has 2 aromatic carbocycles. The van der Waals surface area contributed by atoms with Gasteiger partial charge in [-0.3, -0.25) is 4.79 Å². The molecule has 2 rings (SSSR count). The molecule has 23 heavy (non-hydrogen) atoms. The maximum atomic E-state index is 12.1. The van der Waals surface area contributed by atoms with Crippen LogP contribution in [-0.2, 0) is 11.2 Å². The number of anilines is 1. The van der Waals surface area contributed by atoms with Gasteiger partial charge in [-0.2, -0.15) is 0 Å². The lowest BCUT2D eigenvalue weighted by atomic mass is 10.1. The summed E-state index contributed by atoms with van der Waals surface area (Å²) in [7, 11) is 1.63. The first-order chi connectivity index (χ1) is 11.1. The molecular weight excluding hydrogens is 358 g/mol. The minimum Gasteiger partial charge on any atom is -0.496 e. The molecule has 0 aliphatic heterocycles. The number of hydrogen-bond donors (Lipinski definition) is 1. The molecular formula is C18H20BrNO3. The normalized spacial score (nSPS) is 10.2. The first-order valence-electron chi connectivity index (χ1n) is 7.48. The van der Waals surface area contributed by atoms with E-state index in [0.29, 0.717) is 30.9 Å². The van der Waals surface area contributed by atoms with E-state index in [1.807, 2.05) is 49.4 Å². The standard InChI is InChI=1S/C18H20BrNO3/c1-3-23-17-7-5-4-6-15(17)20-18(21)11-9-13-8-10-16(22-2)14(19)12-13/h4-8,10,12H,3,9,11H2,1-2H3,(H,20,21). The van der Waals surface area contributed by atoms with E-state index in [9.17, 15) is 4.79 Å². The Morgan fingerprint density at radius 2 is 1.96 bits per heavy atom. The van der Waals surface area contributed by atoms with Crippen molar-refractivity contribution in [3.63, 3.8) is 0 Å². The summed E-state index contributed by atoms with van der Waals surface area (Å²) in [6, 6.07) is 13.3. The van der Waals surface area contributed by atoms with Gasteiger partial charge in [0, 0.05) is 6.42 Å².